The Morgan fingerprint density at radius 2 is 1.54 bits per heavy atom. The van der Waals surface area contributed by atoms with Gasteiger partial charge in [-0.15, -0.1) is 11.6 Å². The molecular weight excluding hydrogens is 468 g/mol. The Balaban J connectivity index is 1.49. The van der Waals surface area contributed by atoms with E-state index in [4.69, 9.17) is 11.6 Å². The standard InChI is InChI=1S/C26H31ClN4O4/c1-17(32)31-13-11-30(12-14-31)10-4-9-28-21-7-8-22(29-16-18(33)15-27)24-23(21)25(34)19-5-2-3-6-20(19)26(24)35/h2-3,5-8,18,28-29,33H,4,9-16H2,1H3. The van der Waals surface area contributed by atoms with Crippen LogP contribution in [0.1, 0.15) is 45.2 Å². The summed E-state index contributed by atoms with van der Waals surface area (Å²) in [5.41, 5.74) is 2.58. The van der Waals surface area contributed by atoms with Crippen LogP contribution in [0.5, 0.6) is 0 Å². The molecule has 35 heavy (non-hydrogen) atoms. The van der Waals surface area contributed by atoms with Crippen molar-refractivity contribution in [1.82, 2.24) is 9.80 Å². The number of anilines is 2. The molecule has 2 aromatic rings. The van der Waals surface area contributed by atoms with Gasteiger partial charge < -0.3 is 20.6 Å². The second-order valence-corrected chi connectivity index (χ2v) is 9.24. The van der Waals surface area contributed by atoms with E-state index in [1.165, 1.54) is 0 Å². The average molecular weight is 499 g/mol. The van der Waals surface area contributed by atoms with Gasteiger partial charge >= 0.3 is 0 Å². The molecule has 3 N–H and O–H groups in total. The molecule has 0 radical (unpaired) electrons. The predicted molar refractivity (Wildman–Crippen MR) is 137 cm³/mol. The molecule has 1 aliphatic carbocycles. The van der Waals surface area contributed by atoms with Crippen molar-refractivity contribution in [3.8, 4) is 0 Å². The number of rotatable bonds is 9. The monoisotopic (exact) mass is 498 g/mol. The second kappa shape index (κ2) is 11.2. The number of hydrogen-bond acceptors (Lipinski definition) is 7. The molecule has 0 spiro atoms. The fraction of sp³-hybridized carbons (Fsp3) is 0.423. The van der Waals surface area contributed by atoms with Crippen LogP contribution in [-0.4, -0.2) is 90.2 Å². The van der Waals surface area contributed by atoms with Crippen LogP contribution in [-0.2, 0) is 4.79 Å². The van der Waals surface area contributed by atoms with Crippen molar-refractivity contribution in [3.63, 3.8) is 0 Å². The number of amides is 1. The number of ketones is 2. The number of piperazine rings is 1. The highest BCUT2D eigenvalue weighted by Gasteiger charge is 2.33. The third-order valence-corrected chi connectivity index (χ3v) is 6.92. The first-order valence-electron chi connectivity index (χ1n) is 12.0. The number of fused-ring (bicyclic) bond motifs is 2. The number of carbonyl (C=O) groups excluding carboxylic acids is 3. The van der Waals surface area contributed by atoms with E-state index in [0.717, 1.165) is 39.1 Å². The van der Waals surface area contributed by atoms with E-state index in [9.17, 15) is 19.5 Å². The first kappa shape index (κ1) is 25.2. The summed E-state index contributed by atoms with van der Waals surface area (Å²) in [7, 11) is 0. The van der Waals surface area contributed by atoms with Gasteiger partial charge in [0.15, 0.2) is 11.6 Å². The zero-order chi connectivity index (χ0) is 24.9. The Kier molecular flexibility index (Phi) is 8.05. The Bertz CT molecular complexity index is 1110. The van der Waals surface area contributed by atoms with Crippen molar-refractivity contribution in [3.05, 3.63) is 58.7 Å². The van der Waals surface area contributed by atoms with Crippen LogP contribution in [0, 0.1) is 0 Å². The van der Waals surface area contributed by atoms with Gasteiger partial charge in [-0.3, -0.25) is 19.3 Å². The molecule has 1 heterocycles. The second-order valence-electron chi connectivity index (χ2n) is 8.93. The van der Waals surface area contributed by atoms with Gasteiger partial charge in [0, 0.05) is 68.7 Å². The van der Waals surface area contributed by atoms with Gasteiger partial charge in [0.25, 0.3) is 0 Å². The van der Waals surface area contributed by atoms with Crippen LogP contribution in [0.15, 0.2) is 36.4 Å². The first-order valence-corrected chi connectivity index (χ1v) is 12.5. The Labute approximate surface area is 210 Å². The summed E-state index contributed by atoms with van der Waals surface area (Å²) in [6.07, 6.45) is 0.0827. The molecule has 4 rings (SSSR count). The molecule has 0 saturated carbocycles. The number of aliphatic hydroxyl groups excluding tert-OH is 1. The van der Waals surface area contributed by atoms with Crippen molar-refractivity contribution in [2.45, 2.75) is 19.4 Å². The van der Waals surface area contributed by atoms with E-state index >= 15 is 0 Å². The smallest absolute Gasteiger partial charge is 0.219 e. The topological polar surface area (TPSA) is 102 Å². The van der Waals surface area contributed by atoms with Crippen molar-refractivity contribution in [2.75, 3.05) is 62.3 Å². The largest absolute Gasteiger partial charge is 0.390 e. The minimum atomic E-state index is -0.774. The molecule has 0 aromatic heterocycles. The zero-order valence-electron chi connectivity index (χ0n) is 19.8. The lowest BCUT2D eigenvalue weighted by Gasteiger charge is -2.34. The van der Waals surface area contributed by atoms with Crippen LogP contribution in [0.4, 0.5) is 11.4 Å². The normalized spacial score (nSPS) is 16.5. The third kappa shape index (κ3) is 5.50. The quantitative estimate of drug-likeness (QED) is 0.307. The molecule has 1 unspecified atom stereocenters. The van der Waals surface area contributed by atoms with Crippen molar-refractivity contribution in [2.24, 2.45) is 0 Å². The molecule has 1 saturated heterocycles. The molecule has 0 bridgehead atoms. The molecule has 2 aromatic carbocycles. The van der Waals surface area contributed by atoms with E-state index in [1.54, 1.807) is 43.3 Å². The summed E-state index contributed by atoms with van der Waals surface area (Å²) >= 11 is 5.71. The highest BCUT2D eigenvalue weighted by Crippen LogP contribution is 2.36. The summed E-state index contributed by atoms with van der Waals surface area (Å²) < 4.78 is 0. The van der Waals surface area contributed by atoms with Gasteiger partial charge in [-0.05, 0) is 25.1 Å². The van der Waals surface area contributed by atoms with Gasteiger partial charge in [0.2, 0.25) is 5.91 Å². The lowest BCUT2D eigenvalue weighted by atomic mass is 9.82. The van der Waals surface area contributed by atoms with E-state index in [0.29, 0.717) is 40.2 Å². The highest BCUT2D eigenvalue weighted by molar-refractivity contribution is 6.31. The van der Waals surface area contributed by atoms with Gasteiger partial charge in [0.1, 0.15) is 0 Å². The molecule has 2 aliphatic rings. The van der Waals surface area contributed by atoms with Gasteiger partial charge in [-0.2, -0.15) is 0 Å². The lowest BCUT2D eigenvalue weighted by molar-refractivity contribution is -0.130. The molecule has 1 fully saturated rings. The molecule has 9 heteroatoms. The Morgan fingerprint density at radius 3 is 2.09 bits per heavy atom. The maximum atomic E-state index is 13.5. The number of hydrogen-bond donors (Lipinski definition) is 3. The SMILES string of the molecule is CC(=O)N1CCN(CCCNc2ccc(NCC(O)CCl)c3c2C(=O)c2ccccc2C3=O)CC1. The van der Waals surface area contributed by atoms with Crippen molar-refractivity contribution in [1.29, 1.82) is 0 Å². The molecule has 1 aliphatic heterocycles. The Hall–Kier alpha value is -2.94. The maximum absolute atomic E-state index is 13.5. The average Bonchev–Trinajstić information content (AvgIpc) is 2.88. The number of benzene rings is 2. The zero-order valence-corrected chi connectivity index (χ0v) is 20.6. The maximum Gasteiger partial charge on any atom is 0.219 e. The Morgan fingerprint density at radius 1 is 0.971 bits per heavy atom. The third-order valence-electron chi connectivity index (χ3n) is 6.57. The van der Waals surface area contributed by atoms with Gasteiger partial charge in [0.05, 0.1) is 23.1 Å². The number of alkyl halides is 1. The van der Waals surface area contributed by atoms with Crippen molar-refractivity contribution >= 4 is 40.4 Å². The van der Waals surface area contributed by atoms with Gasteiger partial charge in [-0.1, -0.05) is 24.3 Å². The fourth-order valence-corrected chi connectivity index (χ4v) is 4.72. The summed E-state index contributed by atoms with van der Waals surface area (Å²) in [5, 5.41) is 16.3. The van der Waals surface area contributed by atoms with Crippen molar-refractivity contribution < 1.29 is 19.5 Å². The van der Waals surface area contributed by atoms with Crippen LogP contribution >= 0.6 is 11.6 Å². The summed E-state index contributed by atoms with van der Waals surface area (Å²) in [6, 6.07) is 10.4. The number of nitrogens with zero attached hydrogens (tertiary/aromatic N) is 2. The predicted octanol–water partition coefficient (Wildman–Crippen LogP) is 2.44. The summed E-state index contributed by atoms with van der Waals surface area (Å²) in [4.78, 5) is 42.6. The fourth-order valence-electron chi connectivity index (χ4n) is 4.61. The first-order chi connectivity index (χ1) is 16.9. The van der Waals surface area contributed by atoms with Gasteiger partial charge in [-0.25, -0.2) is 0 Å². The summed E-state index contributed by atoms with van der Waals surface area (Å²) in [6.45, 7) is 6.50. The minimum Gasteiger partial charge on any atom is -0.390 e. The summed E-state index contributed by atoms with van der Waals surface area (Å²) in [5.74, 6) is -0.231. The number of aliphatic hydroxyl groups is 1. The van der Waals surface area contributed by atoms with Crippen LogP contribution in [0.3, 0.4) is 0 Å². The lowest BCUT2D eigenvalue weighted by Crippen LogP contribution is -2.48. The molecular formula is C26H31ClN4O4. The number of carbonyl (C=O) groups is 3. The highest BCUT2D eigenvalue weighted by atomic mass is 35.5. The molecule has 1 atom stereocenters. The van der Waals surface area contributed by atoms with Crippen LogP contribution < -0.4 is 10.6 Å². The van der Waals surface area contributed by atoms with E-state index in [1.807, 2.05) is 4.90 Å². The number of nitrogens with one attached hydrogen (secondary N) is 2. The molecule has 186 valence electrons. The van der Waals surface area contributed by atoms with E-state index in [-0.39, 0.29) is 29.9 Å². The van der Waals surface area contributed by atoms with Crippen LogP contribution in [0.25, 0.3) is 0 Å². The van der Waals surface area contributed by atoms with Crippen LogP contribution in [0.2, 0.25) is 0 Å². The van der Waals surface area contributed by atoms with E-state index in [2.05, 4.69) is 15.5 Å². The van der Waals surface area contributed by atoms with E-state index < -0.39 is 6.10 Å². The number of halogens is 1. The molecule has 8 nitrogen and oxygen atoms in total. The molecule has 1 amide bonds. The minimum absolute atomic E-state index is 0.0638.